The molecule has 26 heavy (non-hydrogen) atoms. The molecule has 0 radical (unpaired) electrons. The summed E-state index contributed by atoms with van der Waals surface area (Å²) in [5, 5.41) is 12.1. The molecule has 2 heterocycles. The maximum atomic E-state index is 13.8. The molecule has 1 saturated heterocycles. The van der Waals surface area contributed by atoms with E-state index in [4.69, 9.17) is 0 Å². The molecule has 0 spiro atoms. The van der Waals surface area contributed by atoms with Crippen molar-refractivity contribution in [3.8, 4) is 0 Å². The van der Waals surface area contributed by atoms with E-state index in [0.29, 0.717) is 10.8 Å². The van der Waals surface area contributed by atoms with Crippen LogP contribution >= 0.6 is 0 Å². The summed E-state index contributed by atoms with van der Waals surface area (Å²) in [5.74, 6) is 0.132. The average Bonchev–Trinajstić information content (AvgIpc) is 3.38. The number of rotatable bonds is 3. The fourth-order valence-corrected chi connectivity index (χ4v) is 4.43. The quantitative estimate of drug-likeness (QED) is 0.766. The van der Waals surface area contributed by atoms with Crippen molar-refractivity contribution in [1.82, 2.24) is 9.47 Å². The second-order valence-corrected chi connectivity index (χ2v) is 7.82. The molecule has 1 aliphatic heterocycles. The average molecular weight is 356 g/mol. The van der Waals surface area contributed by atoms with E-state index in [2.05, 4.69) is 9.47 Å². The summed E-state index contributed by atoms with van der Waals surface area (Å²) in [6.45, 7) is 2.77. The molecule has 1 saturated carbocycles. The number of fused-ring (bicyclic) bond motifs is 3. The number of piperidine rings is 1. The van der Waals surface area contributed by atoms with Crippen LogP contribution in [0.15, 0.2) is 36.4 Å². The smallest absolute Gasteiger partial charge is 0.123 e. The Labute approximate surface area is 150 Å². The summed E-state index contributed by atoms with van der Waals surface area (Å²) < 4.78 is 29.8. The van der Waals surface area contributed by atoms with Gasteiger partial charge >= 0.3 is 0 Å². The van der Waals surface area contributed by atoms with Crippen LogP contribution in [0.5, 0.6) is 0 Å². The molecule has 1 aromatic heterocycles. The number of benzene rings is 2. The molecule has 1 aliphatic carbocycles. The summed E-state index contributed by atoms with van der Waals surface area (Å²) in [6.07, 6.45) is 2.87. The third kappa shape index (κ3) is 2.70. The van der Waals surface area contributed by atoms with Crippen molar-refractivity contribution in [3.63, 3.8) is 0 Å². The van der Waals surface area contributed by atoms with E-state index in [1.54, 1.807) is 12.1 Å². The second-order valence-electron chi connectivity index (χ2n) is 7.82. The Morgan fingerprint density at radius 3 is 2.12 bits per heavy atom. The number of likely N-dealkylation sites (tertiary alicyclic amines) is 1. The number of hydrogen-bond acceptors (Lipinski definition) is 2. The van der Waals surface area contributed by atoms with Crippen LogP contribution in [0.2, 0.25) is 0 Å². The number of aliphatic hydroxyl groups excluding tert-OH is 1. The Morgan fingerprint density at radius 1 is 0.923 bits per heavy atom. The van der Waals surface area contributed by atoms with Crippen molar-refractivity contribution >= 4 is 21.8 Å². The minimum Gasteiger partial charge on any atom is -0.391 e. The van der Waals surface area contributed by atoms with E-state index in [9.17, 15) is 13.9 Å². The molecule has 3 aromatic rings. The molecular formula is C21H22F2N2O. The molecule has 136 valence electrons. The lowest BCUT2D eigenvalue weighted by Crippen LogP contribution is -2.44. The van der Waals surface area contributed by atoms with Crippen molar-refractivity contribution in [2.24, 2.45) is 5.92 Å². The third-order valence-corrected chi connectivity index (χ3v) is 5.90. The SMILES string of the molecule is OC1CCN(CC2CC2)CC1n1c2ccc(F)cc2c2cc(F)ccc21. The summed E-state index contributed by atoms with van der Waals surface area (Å²) in [5.41, 5.74) is 1.70. The van der Waals surface area contributed by atoms with Gasteiger partial charge in [-0.15, -0.1) is 0 Å². The Hall–Kier alpha value is -1.98. The standard InChI is InChI=1S/C21H22F2N2O/c22-14-3-5-18-16(9-14)17-10-15(23)4-6-19(17)25(18)20-12-24(8-7-21(20)26)11-13-1-2-13/h3-6,9-10,13,20-21,26H,1-2,7-8,11-12H2. The fourth-order valence-electron chi connectivity index (χ4n) is 4.43. The lowest BCUT2D eigenvalue weighted by Gasteiger charge is -2.37. The van der Waals surface area contributed by atoms with Gasteiger partial charge < -0.3 is 14.6 Å². The molecule has 5 heteroatoms. The first-order chi connectivity index (χ1) is 12.6. The zero-order valence-electron chi connectivity index (χ0n) is 14.5. The summed E-state index contributed by atoms with van der Waals surface area (Å²) in [4.78, 5) is 2.43. The molecule has 2 atom stereocenters. The van der Waals surface area contributed by atoms with Gasteiger partial charge in [0.2, 0.25) is 0 Å². The van der Waals surface area contributed by atoms with Gasteiger partial charge in [0, 0.05) is 41.4 Å². The fraction of sp³-hybridized carbons (Fsp3) is 0.429. The van der Waals surface area contributed by atoms with Gasteiger partial charge in [0.25, 0.3) is 0 Å². The first-order valence-electron chi connectivity index (χ1n) is 9.39. The van der Waals surface area contributed by atoms with E-state index < -0.39 is 6.10 Å². The Morgan fingerprint density at radius 2 is 1.54 bits per heavy atom. The molecule has 1 N–H and O–H groups in total. The molecule has 5 rings (SSSR count). The maximum absolute atomic E-state index is 13.8. The lowest BCUT2D eigenvalue weighted by atomic mass is 10.0. The van der Waals surface area contributed by atoms with E-state index in [1.165, 1.54) is 37.1 Å². The van der Waals surface area contributed by atoms with Gasteiger partial charge in [-0.3, -0.25) is 0 Å². The number of aliphatic hydroxyl groups is 1. The van der Waals surface area contributed by atoms with E-state index >= 15 is 0 Å². The Balaban J connectivity index is 1.66. The van der Waals surface area contributed by atoms with Crippen LogP contribution in [0.25, 0.3) is 21.8 Å². The van der Waals surface area contributed by atoms with Crippen LogP contribution in [0, 0.1) is 17.6 Å². The first kappa shape index (κ1) is 16.2. The highest BCUT2D eigenvalue weighted by atomic mass is 19.1. The third-order valence-electron chi connectivity index (χ3n) is 5.90. The van der Waals surface area contributed by atoms with Gasteiger partial charge in [-0.1, -0.05) is 0 Å². The van der Waals surface area contributed by atoms with Crippen LogP contribution in [0.3, 0.4) is 0 Å². The highest BCUT2D eigenvalue weighted by molar-refractivity contribution is 6.08. The topological polar surface area (TPSA) is 28.4 Å². The van der Waals surface area contributed by atoms with Crippen molar-refractivity contribution in [2.45, 2.75) is 31.4 Å². The molecule has 2 fully saturated rings. The predicted octanol–water partition coefficient (Wildman–Crippen LogP) is 4.09. The normalized spacial score (nSPS) is 24.6. The zero-order chi connectivity index (χ0) is 17.8. The van der Waals surface area contributed by atoms with Gasteiger partial charge in [0.1, 0.15) is 11.6 Å². The number of nitrogens with zero attached hydrogens (tertiary/aromatic N) is 2. The highest BCUT2D eigenvalue weighted by Gasteiger charge is 2.34. The van der Waals surface area contributed by atoms with Gasteiger partial charge in [0.15, 0.2) is 0 Å². The first-order valence-corrected chi connectivity index (χ1v) is 9.39. The van der Waals surface area contributed by atoms with Gasteiger partial charge in [-0.2, -0.15) is 0 Å². The minimum atomic E-state index is -0.459. The molecular weight excluding hydrogens is 334 g/mol. The molecule has 3 nitrogen and oxygen atoms in total. The predicted molar refractivity (Wildman–Crippen MR) is 98.2 cm³/mol. The number of aromatic nitrogens is 1. The van der Waals surface area contributed by atoms with Gasteiger partial charge in [-0.25, -0.2) is 8.78 Å². The highest BCUT2D eigenvalue weighted by Crippen LogP contribution is 2.37. The summed E-state index contributed by atoms with van der Waals surface area (Å²) >= 11 is 0. The van der Waals surface area contributed by atoms with Crippen molar-refractivity contribution < 1.29 is 13.9 Å². The monoisotopic (exact) mass is 356 g/mol. The van der Waals surface area contributed by atoms with Gasteiger partial charge in [-0.05, 0) is 61.6 Å². The molecule has 0 bridgehead atoms. The summed E-state index contributed by atoms with van der Waals surface area (Å²) in [7, 11) is 0. The van der Waals surface area contributed by atoms with E-state index in [-0.39, 0.29) is 17.7 Å². The van der Waals surface area contributed by atoms with Crippen LogP contribution in [-0.4, -0.2) is 40.3 Å². The molecule has 0 amide bonds. The minimum absolute atomic E-state index is 0.113. The second kappa shape index (κ2) is 6.03. The van der Waals surface area contributed by atoms with Crippen molar-refractivity contribution in [3.05, 3.63) is 48.0 Å². The van der Waals surface area contributed by atoms with E-state index in [0.717, 1.165) is 43.0 Å². The Kier molecular flexibility index (Phi) is 3.76. The van der Waals surface area contributed by atoms with Crippen molar-refractivity contribution in [1.29, 1.82) is 0 Å². The van der Waals surface area contributed by atoms with Crippen molar-refractivity contribution in [2.75, 3.05) is 19.6 Å². The Bertz CT molecular complexity index is 920. The van der Waals surface area contributed by atoms with Gasteiger partial charge in [0.05, 0.1) is 12.1 Å². The van der Waals surface area contributed by atoms with E-state index in [1.807, 2.05) is 0 Å². The number of halogens is 2. The van der Waals surface area contributed by atoms with Crippen LogP contribution in [0.4, 0.5) is 8.78 Å². The molecule has 2 unspecified atom stereocenters. The molecule has 2 aromatic carbocycles. The lowest BCUT2D eigenvalue weighted by molar-refractivity contribution is 0.0344. The zero-order valence-corrected chi connectivity index (χ0v) is 14.5. The largest absolute Gasteiger partial charge is 0.391 e. The van der Waals surface area contributed by atoms with Crippen LogP contribution in [-0.2, 0) is 0 Å². The maximum Gasteiger partial charge on any atom is 0.123 e. The van der Waals surface area contributed by atoms with Crippen LogP contribution in [0.1, 0.15) is 25.3 Å². The molecule has 2 aliphatic rings. The number of hydrogen-bond donors (Lipinski definition) is 1. The summed E-state index contributed by atoms with van der Waals surface area (Å²) in [6, 6.07) is 9.18. The van der Waals surface area contributed by atoms with Crippen LogP contribution < -0.4 is 0 Å².